The molecule has 1 heterocycles. The van der Waals surface area contributed by atoms with Gasteiger partial charge in [-0.3, -0.25) is 0 Å². The number of thiophene rings is 1. The van der Waals surface area contributed by atoms with Gasteiger partial charge in [0.15, 0.2) is 0 Å². The maximum Gasteiger partial charge on any atom is 0.416 e. The highest BCUT2D eigenvalue weighted by Crippen LogP contribution is 2.40. The third kappa shape index (κ3) is 4.35. The summed E-state index contributed by atoms with van der Waals surface area (Å²) in [7, 11) is 0. The highest BCUT2D eigenvalue weighted by Gasteiger charge is 2.39. The van der Waals surface area contributed by atoms with Gasteiger partial charge in [0.1, 0.15) is 12.0 Å². The van der Waals surface area contributed by atoms with E-state index in [-0.39, 0.29) is 10.9 Å². The normalized spacial score (nSPS) is 16.0. The molecule has 0 aliphatic rings. The second-order valence-corrected chi connectivity index (χ2v) is 6.38. The lowest BCUT2D eigenvalue weighted by Gasteiger charge is -2.23. The lowest BCUT2D eigenvalue weighted by atomic mass is 9.89. The molecule has 0 bridgehead atoms. The summed E-state index contributed by atoms with van der Waals surface area (Å²) in [4.78, 5) is 0.249. The zero-order valence-corrected chi connectivity index (χ0v) is 13.5. The van der Waals surface area contributed by atoms with Gasteiger partial charge in [0.2, 0.25) is 0 Å². The highest BCUT2D eigenvalue weighted by molar-refractivity contribution is 7.10. The van der Waals surface area contributed by atoms with Crippen molar-refractivity contribution in [3.63, 3.8) is 0 Å². The Bertz CT molecular complexity index is 762. The summed E-state index contributed by atoms with van der Waals surface area (Å²) in [6.45, 7) is 0. The first-order valence-electron chi connectivity index (χ1n) is 7.03. The standard InChI is InChI=1S/C16H11F6NO2S/c17-15(18,19)9-4-8(5-10(6-9)16(20,21)22)13(24)11(7-23)14(25)12-2-1-3-26-12/h1-6,11,13-14,24-25H. The number of rotatable bonds is 4. The molecule has 0 aliphatic heterocycles. The lowest BCUT2D eigenvalue weighted by molar-refractivity contribution is -0.143. The minimum atomic E-state index is -5.08. The third-order valence-corrected chi connectivity index (χ3v) is 4.56. The van der Waals surface area contributed by atoms with Crippen LogP contribution < -0.4 is 0 Å². The van der Waals surface area contributed by atoms with Crippen molar-refractivity contribution in [2.24, 2.45) is 5.92 Å². The van der Waals surface area contributed by atoms with E-state index in [1.165, 1.54) is 12.1 Å². The van der Waals surface area contributed by atoms with Crippen LogP contribution in [-0.2, 0) is 12.4 Å². The lowest BCUT2D eigenvalue weighted by Crippen LogP contribution is -2.20. The van der Waals surface area contributed by atoms with Crippen LogP contribution >= 0.6 is 11.3 Å². The number of nitrogens with zero attached hydrogens (tertiary/aromatic N) is 1. The third-order valence-electron chi connectivity index (χ3n) is 3.62. The van der Waals surface area contributed by atoms with Gasteiger partial charge in [0.25, 0.3) is 0 Å². The van der Waals surface area contributed by atoms with E-state index in [1.54, 1.807) is 11.4 Å². The van der Waals surface area contributed by atoms with Gasteiger partial charge < -0.3 is 10.2 Å². The molecule has 1 aromatic heterocycles. The fourth-order valence-corrected chi connectivity index (χ4v) is 3.06. The summed E-state index contributed by atoms with van der Waals surface area (Å²) in [5, 5.41) is 31.1. The number of halogens is 6. The molecule has 140 valence electrons. The van der Waals surface area contributed by atoms with E-state index in [9.17, 15) is 41.8 Å². The largest absolute Gasteiger partial charge is 0.416 e. The van der Waals surface area contributed by atoms with Gasteiger partial charge in [0, 0.05) is 4.88 Å². The van der Waals surface area contributed by atoms with Crippen molar-refractivity contribution >= 4 is 11.3 Å². The number of hydrogen-bond acceptors (Lipinski definition) is 4. The quantitative estimate of drug-likeness (QED) is 0.738. The highest BCUT2D eigenvalue weighted by atomic mass is 32.1. The zero-order valence-electron chi connectivity index (χ0n) is 12.7. The summed E-state index contributed by atoms with van der Waals surface area (Å²) in [5.74, 6) is -1.65. The van der Waals surface area contributed by atoms with Crippen molar-refractivity contribution < 1.29 is 36.6 Å². The van der Waals surface area contributed by atoms with Crippen molar-refractivity contribution in [3.05, 3.63) is 57.3 Å². The molecule has 0 fully saturated rings. The molecule has 0 saturated carbocycles. The molecule has 3 atom stereocenters. The molecule has 1 aromatic carbocycles. The number of hydrogen-bond donors (Lipinski definition) is 2. The van der Waals surface area contributed by atoms with Gasteiger partial charge in [-0.2, -0.15) is 31.6 Å². The van der Waals surface area contributed by atoms with Crippen LogP contribution in [0.15, 0.2) is 35.7 Å². The molecule has 10 heteroatoms. The summed E-state index contributed by atoms with van der Waals surface area (Å²) in [5.41, 5.74) is -3.97. The molecule has 26 heavy (non-hydrogen) atoms. The fourth-order valence-electron chi connectivity index (χ4n) is 2.31. The van der Waals surface area contributed by atoms with Crippen molar-refractivity contribution in [3.8, 4) is 6.07 Å². The maximum absolute atomic E-state index is 12.9. The minimum Gasteiger partial charge on any atom is -0.387 e. The average Bonchev–Trinajstić information content (AvgIpc) is 3.07. The summed E-state index contributed by atoms with van der Waals surface area (Å²) in [6, 6.07) is 5.12. The monoisotopic (exact) mass is 395 g/mol. The Labute approximate surface area is 147 Å². The van der Waals surface area contributed by atoms with E-state index < -0.39 is 47.2 Å². The van der Waals surface area contributed by atoms with Gasteiger partial charge >= 0.3 is 12.4 Å². The SMILES string of the molecule is N#CC(C(O)c1cc(C(F)(F)F)cc(C(F)(F)F)c1)C(O)c1cccs1. The van der Waals surface area contributed by atoms with Crippen LogP contribution in [0.1, 0.15) is 33.8 Å². The van der Waals surface area contributed by atoms with E-state index in [0.717, 1.165) is 11.3 Å². The van der Waals surface area contributed by atoms with Crippen LogP contribution in [0, 0.1) is 17.2 Å². The predicted octanol–water partition coefficient (Wildman–Crippen LogP) is 4.69. The van der Waals surface area contributed by atoms with E-state index >= 15 is 0 Å². The molecule has 2 rings (SSSR count). The average molecular weight is 395 g/mol. The number of aliphatic hydroxyl groups is 2. The molecule has 0 saturated heterocycles. The first kappa shape index (κ1) is 20.2. The molecule has 0 radical (unpaired) electrons. The first-order chi connectivity index (χ1) is 11.9. The smallest absolute Gasteiger partial charge is 0.387 e. The van der Waals surface area contributed by atoms with Crippen molar-refractivity contribution in [1.82, 2.24) is 0 Å². The Kier molecular flexibility index (Phi) is 5.65. The van der Waals surface area contributed by atoms with Crippen LogP contribution in [0.2, 0.25) is 0 Å². The molecular formula is C16H11F6NO2S. The van der Waals surface area contributed by atoms with Crippen LogP contribution in [0.3, 0.4) is 0 Å². The summed E-state index contributed by atoms with van der Waals surface area (Å²) >= 11 is 1.03. The van der Waals surface area contributed by atoms with Crippen molar-refractivity contribution in [1.29, 1.82) is 5.26 Å². The zero-order chi connectivity index (χ0) is 19.7. The number of nitriles is 1. The Hall–Kier alpha value is -2.09. The Balaban J connectivity index is 2.49. The van der Waals surface area contributed by atoms with Gasteiger partial charge in [-0.15, -0.1) is 11.3 Å². The van der Waals surface area contributed by atoms with E-state index in [1.807, 2.05) is 0 Å². The molecule has 3 nitrogen and oxygen atoms in total. The van der Waals surface area contributed by atoms with Crippen LogP contribution in [0.4, 0.5) is 26.3 Å². The summed E-state index contributed by atoms with van der Waals surface area (Å²) < 4.78 is 77.4. The number of aliphatic hydroxyl groups excluding tert-OH is 2. The molecule has 0 amide bonds. The Morgan fingerprint density at radius 3 is 1.85 bits per heavy atom. The molecule has 2 N–H and O–H groups in total. The molecular weight excluding hydrogens is 384 g/mol. The van der Waals surface area contributed by atoms with Crippen LogP contribution in [0.25, 0.3) is 0 Å². The number of alkyl halides is 6. The maximum atomic E-state index is 12.9. The minimum absolute atomic E-state index is 0.0761. The van der Waals surface area contributed by atoms with Crippen LogP contribution in [-0.4, -0.2) is 10.2 Å². The summed E-state index contributed by atoms with van der Waals surface area (Å²) in [6.07, 6.45) is -13.8. The second-order valence-electron chi connectivity index (χ2n) is 5.40. The Morgan fingerprint density at radius 2 is 1.46 bits per heavy atom. The predicted molar refractivity (Wildman–Crippen MR) is 79.8 cm³/mol. The van der Waals surface area contributed by atoms with Gasteiger partial charge in [-0.05, 0) is 35.2 Å². The second kappa shape index (κ2) is 7.26. The number of benzene rings is 1. The van der Waals surface area contributed by atoms with Crippen molar-refractivity contribution in [2.75, 3.05) is 0 Å². The van der Waals surface area contributed by atoms with Crippen LogP contribution in [0.5, 0.6) is 0 Å². The van der Waals surface area contributed by atoms with E-state index in [2.05, 4.69) is 0 Å². The first-order valence-corrected chi connectivity index (χ1v) is 7.91. The molecule has 3 unspecified atom stereocenters. The van der Waals surface area contributed by atoms with Gasteiger partial charge in [0.05, 0.1) is 23.3 Å². The molecule has 0 aliphatic carbocycles. The van der Waals surface area contributed by atoms with E-state index in [4.69, 9.17) is 0 Å². The molecule has 0 spiro atoms. The molecule has 2 aromatic rings. The Morgan fingerprint density at radius 1 is 0.923 bits per heavy atom. The fraction of sp³-hybridized carbons (Fsp3) is 0.312. The van der Waals surface area contributed by atoms with Gasteiger partial charge in [-0.1, -0.05) is 6.07 Å². The van der Waals surface area contributed by atoms with Crippen molar-refractivity contribution in [2.45, 2.75) is 24.6 Å². The van der Waals surface area contributed by atoms with E-state index in [0.29, 0.717) is 12.1 Å². The van der Waals surface area contributed by atoms with Gasteiger partial charge in [-0.25, -0.2) is 0 Å². The topological polar surface area (TPSA) is 64.2 Å².